The third kappa shape index (κ3) is 2.95. The minimum Gasteiger partial charge on any atom is -0.366 e. The lowest BCUT2D eigenvalue weighted by Crippen LogP contribution is -2.49. The lowest BCUT2D eigenvalue weighted by molar-refractivity contribution is 0.0913. The molecule has 1 aromatic heterocycles. The molecule has 19 heavy (non-hydrogen) atoms. The van der Waals surface area contributed by atoms with Crippen molar-refractivity contribution in [3.8, 4) is 0 Å². The number of rotatable bonds is 4. The lowest BCUT2D eigenvalue weighted by atomic mass is 9.92. The number of aromatic nitrogens is 1. The van der Waals surface area contributed by atoms with E-state index >= 15 is 0 Å². The highest BCUT2D eigenvalue weighted by Crippen LogP contribution is 2.26. The number of amides is 2. The average Bonchev–Trinajstić information content (AvgIpc) is 2.69. The molecule has 1 aliphatic carbocycles. The number of hydrogen-bond donors (Lipinski definition) is 3. The molecule has 4 N–H and O–H groups in total. The molecule has 1 aromatic rings. The van der Waals surface area contributed by atoms with E-state index < -0.39 is 15.7 Å². The van der Waals surface area contributed by atoms with Crippen molar-refractivity contribution >= 4 is 21.7 Å². The maximum absolute atomic E-state index is 11.8. The van der Waals surface area contributed by atoms with Crippen LogP contribution in [0.25, 0.3) is 0 Å². The number of H-pyrrole nitrogens is 1. The summed E-state index contributed by atoms with van der Waals surface area (Å²) in [6.45, 7) is 0. The summed E-state index contributed by atoms with van der Waals surface area (Å²) in [5.41, 5.74) is 5.54. The number of carbonyl (C=O) groups is 2. The van der Waals surface area contributed by atoms with Gasteiger partial charge in [0.05, 0.1) is 10.8 Å². The van der Waals surface area contributed by atoms with E-state index in [4.69, 9.17) is 5.73 Å². The zero-order valence-corrected chi connectivity index (χ0v) is 11.2. The zero-order valence-electron chi connectivity index (χ0n) is 10.3. The van der Waals surface area contributed by atoms with Crippen LogP contribution in [-0.2, 0) is 9.84 Å². The van der Waals surface area contributed by atoms with Crippen molar-refractivity contribution < 1.29 is 18.0 Å². The van der Waals surface area contributed by atoms with E-state index in [1.54, 1.807) is 0 Å². The number of nitrogens with two attached hydrogens (primary N) is 1. The van der Waals surface area contributed by atoms with Crippen LogP contribution in [0.1, 0.15) is 33.7 Å². The zero-order chi connectivity index (χ0) is 14.2. The van der Waals surface area contributed by atoms with Crippen LogP contribution in [-0.4, -0.2) is 42.8 Å². The van der Waals surface area contributed by atoms with Gasteiger partial charge in [-0.15, -0.1) is 0 Å². The summed E-state index contributed by atoms with van der Waals surface area (Å²) >= 11 is 0. The van der Waals surface area contributed by atoms with E-state index in [9.17, 15) is 18.0 Å². The molecule has 0 unspecified atom stereocenters. The maximum Gasteiger partial charge on any atom is 0.267 e. The molecule has 2 rings (SSSR count). The molecule has 0 saturated heterocycles. The molecule has 1 heterocycles. The first kappa shape index (κ1) is 13.6. The van der Waals surface area contributed by atoms with Crippen LogP contribution in [0.5, 0.6) is 0 Å². The molecule has 104 valence electrons. The van der Waals surface area contributed by atoms with E-state index in [2.05, 4.69) is 10.3 Å². The van der Waals surface area contributed by atoms with Crippen LogP contribution in [0, 0.1) is 0 Å². The van der Waals surface area contributed by atoms with Crippen molar-refractivity contribution in [3.05, 3.63) is 23.5 Å². The average molecular weight is 285 g/mol. The van der Waals surface area contributed by atoms with Crippen LogP contribution in [0.15, 0.2) is 12.3 Å². The van der Waals surface area contributed by atoms with Crippen molar-refractivity contribution in [1.82, 2.24) is 10.3 Å². The van der Waals surface area contributed by atoms with Crippen molar-refractivity contribution in [2.45, 2.75) is 24.1 Å². The smallest absolute Gasteiger partial charge is 0.267 e. The summed E-state index contributed by atoms with van der Waals surface area (Å²) < 4.78 is 22.4. The van der Waals surface area contributed by atoms with Crippen molar-refractivity contribution in [1.29, 1.82) is 0 Å². The summed E-state index contributed by atoms with van der Waals surface area (Å²) in [6, 6.07) is 1.22. The fourth-order valence-corrected chi connectivity index (χ4v) is 3.13. The van der Waals surface area contributed by atoms with E-state index in [1.807, 2.05) is 0 Å². The Labute approximate surface area is 110 Å². The van der Waals surface area contributed by atoms with Crippen molar-refractivity contribution in [2.24, 2.45) is 5.73 Å². The van der Waals surface area contributed by atoms with Crippen LogP contribution in [0.4, 0.5) is 0 Å². The van der Waals surface area contributed by atoms with Gasteiger partial charge in [0.2, 0.25) is 5.91 Å². The molecule has 0 spiro atoms. The normalized spacial score (nSPS) is 22.6. The molecule has 0 radical (unpaired) electrons. The highest BCUT2D eigenvalue weighted by Gasteiger charge is 2.37. The number of aromatic amines is 1. The SMILES string of the molecule is CS(=O)(=O)C1CC(NC(=O)c2cc(C(N)=O)c[nH]2)C1. The predicted molar refractivity (Wildman–Crippen MR) is 68.4 cm³/mol. The fourth-order valence-electron chi connectivity index (χ4n) is 1.96. The summed E-state index contributed by atoms with van der Waals surface area (Å²) in [4.78, 5) is 25.3. The summed E-state index contributed by atoms with van der Waals surface area (Å²) in [6.07, 6.45) is 3.40. The largest absolute Gasteiger partial charge is 0.366 e. The maximum atomic E-state index is 11.8. The second kappa shape index (κ2) is 4.69. The third-order valence-electron chi connectivity index (χ3n) is 3.25. The lowest BCUT2D eigenvalue weighted by Gasteiger charge is -2.34. The number of nitrogens with one attached hydrogen (secondary N) is 2. The molecule has 7 nitrogen and oxygen atoms in total. The van der Waals surface area contributed by atoms with E-state index in [0.29, 0.717) is 12.8 Å². The molecule has 8 heteroatoms. The Bertz CT molecular complexity index is 614. The molecular formula is C11H15N3O4S. The van der Waals surface area contributed by atoms with Gasteiger partial charge in [-0.25, -0.2) is 8.42 Å². The topological polar surface area (TPSA) is 122 Å². The van der Waals surface area contributed by atoms with Gasteiger partial charge >= 0.3 is 0 Å². The minimum atomic E-state index is -3.03. The number of carbonyl (C=O) groups excluding carboxylic acids is 2. The van der Waals surface area contributed by atoms with Crippen molar-refractivity contribution in [2.75, 3.05) is 6.26 Å². The molecule has 0 aromatic carbocycles. The molecule has 2 amide bonds. The van der Waals surface area contributed by atoms with E-state index in [1.165, 1.54) is 18.5 Å². The number of hydrogen-bond acceptors (Lipinski definition) is 4. The van der Waals surface area contributed by atoms with Gasteiger partial charge in [0.15, 0.2) is 0 Å². The molecule has 0 aliphatic heterocycles. The molecule has 1 aliphatic rings. The van der Waals surface area contributed by atoms with Gasteiger partial charge in [0.1, 0.15) is 15.5 Å². The summed E-state index contributed by atoms with van der Waals surface area (Å²) in [5.74, 6) is -0.986. The highest BCUT2D eigenvalue weighted by molar-refractivity contribution is 7.91. The Hall–Kier alpha value is -1.83. The second-order valence-corrected chi connectivity index (χ2v) is 7.09. The van der Waals surface area contributed by atoms with Gasteiger partial charge in [0, 0.05) is 18.5 Å². The molecular weight excluding hydrogens is 270 g/mol. The van der Waals surface area contributed by atoms with Gasteiger partial charge in [-0.2, -0.15) is 0 Å². The second-order valence-electron chi connectivity index (χ2n) is 4.76. The Balaban J connectivity index is 1.91. The first-order chi connectivity index (χ1) is 8.77. The van der Waals surface area contributed by atoms with Crippen LogP contribution < -0.4 is 11.1 Å². The Morgan fingerprint density at radius 2 is 2.05 bits per heavy atom. The molecule has 0 atom stereocenters. The Morgan fingerprint density at radius 1 is 1.42 bits per heavy atom. The van der Waals surface area contributed by atoms with E-state index in [0.717, 1.165) is 0 Å². The molecule has 1 fully saturated rings. The van der Waals surface area contributed by atoms with Crippen LogP contribution in [0.3, 0.4) is 0 Å². The predicted octanol–water partition coefficient (Wildman–Crippen LogP) is -0.581. The van der Waals surface area contributed by atoms with Gasteiger partial charge < -0.3 is 16.0 Å². The molecule has 1 saturated carbocycles. The Kier molecular flexibility index (Phi) is 3.36. The summed E-state index contributed by atoms with van der Waals surface area (Å²) in [5, 5.41) is 2.33. The van der Waals surface area contributed by atoms with Crippen LogP contribution >= 0.6 is 0 Å². The number of sulfone groups is 1. The minimum absolute atomic E-state index is 0.146. The van der Waals surface area contributed by atoms with E-state index in [-0.39, 0.29) is 28.5 Å². The van der Waals surface area contributed by atoms with Gasteiger partial charge in [0.25, 0.3) is 5.91 Å². The van der Waals surface area contributed by atoms with Gasteiger partial charge in [-0.05, 0) is 18.9 Å². The monoisotopic (exact) mass is 285 g/mol. The quantitative estimate of drug-likeness (QED) is 0.685. The Morgan fingerprint density at radius 3 is 2.53 bits per heavy atom. The summed E-state index contributed by atoms with van der Waals surface area (Å²) in [7, 11) is -3.03. The fraction of sp³-hybridized carbons (Fsp3) is 0.455. The number of primary amides is 1. The van der Waals surface area contributed by atoms with Gasteiger partial charge in [-0.1, -0.05) is 0 Å². The first-order valence-electron chi connectivity index (χ1n) is 5.75. The van der Waals surface area contributed by atoms with Crippen LogP contribution in [0.2, 0.25) is 0 Å². The highest BCUT2D eigenvalue weighted by atomic mass is 32.2. The van der Waals surface area contributed by atoms with Gasteiger partial charge in [-0.3, -0.25) is 9.59 Å². The third-order valence-corrected chi connectivity index (χ3v) is 4.84. The standard InChI is InChI=1S/C11H15N3O4S/c1-19(17,18)8-3-7(4-8)14-11(16)9-2-6(5-13-9)10(12)15/h2,5,7-8,13H,3-4H2,1H3,(H2,12,15)(H,14,16). The van der Waals surface area contributed by atoms with Crippen molar-refractivity contribution in [3.63, 3.8) is 0 Å². The molecule has 0 bridgehead atoms. The first-order valence-corrected chi connectivity index (χ1v) is 7.71.